The van der Waals surface area contributed by atoms with Crippen molar-refractivity contribution in [3.05, 3.63) is 51.7 Å². The number of benzene rings is 1. The summed E-state index contributed by atoms with van der Waals surface area (Å²) >= 11 is 1.83. The molecule has 1 unspecified atom stereocenters. The molecule has 1 N–H and O–H groups in total. The van der Waals surface area contributed by atoms with Crippen LogP contribution in [0.3, 0.4) is 0 Å². The summed E-state index contributed by atoms with van der Waals surface area (Å²) in [6, 6.07) is 11.2. The Labute approximate surface area is 125 Å². The molecular weight excluding hydrogens is 266 g/mol. The van der Waals surface area contributed by atoms with E-state index in [1.165, 1.54) is 28.8 Å². The molecule has 2 aromatic rings. The summed E-state index contributed by atoms with van der Waals surface area (Å²) in [5.41, 5.74) is 2.50. The number of nitrogens with one attached hydrogen (secondary N) is 1. The second-order valence-electron chi connectivity index (χ2n) is 5.04. The van der Waals surface area contributed by atoms with Gasteiger partial charge in [0, 0.05) is 17.5 Å². The first-order valence-electron chi connectivity index (χ1n) is 7.15. The molecule has 3 heteroatoms. The molecule has 2 nitrogen and oxygen atoms in total. The molecule has 0 saturated heterocycles. The largest absolute Gasteiger partial charge is 0.496 e. The molecule has 2 rings (SSSR count). The molecule has 0 saturated carbocycles. The second kappa shape index (κ2) is 7.46. The molecule has 0 amide bonds. The topological polar surface area (TPSA) is 21.3 Å². The fraction of sp³-hybridized carbons (Fsp3) is 0.412. The highest BCUT2D eigenvalue weighted by atomic mass is 32.1. The van der Waals surface area contributed by atoms with E-state index in [-0.39, 0.29) is 0 Å². The summed E-state index contributed by atoms with van der Waals surface area (Å²) in [6.07, 6.45) is 2.37. The first-order valence-corrected chi connectivity index (χ1v) is 8.03. The van der Waals surface area contributed by atoms with Gasteiger partial charge in [0.1, 0.15) is 5.75 Å². The van der Waals surface area contributed by atoms with Gasteiger partial charge in [0.05, 0.1) is 7.11 Å². The summed E-state index contributed by atoms with van der Waals surface area (Å²) in [5, 5.41) is 5.82. The van der Waals surface area contributed by atoms with Crippen molar-refractivity contribution in [3.8, 4) is 5.75 Å². The Morgan fingerprint density at radius 3 is 2.75 bits per heavy atom. The Bertz CT molecular complexity index is 522. The maximum absolute atomic E-state index is 5.30. The van der Waals surface area contributed by atoms with Crippen LogP contribution in [0.2, 0.25) is 0 Å². The Kier molecular flexibility index (Phi) is 5.62. The maximum Gasteiger partial charge on any atom is 0.121 e. The van der Waals surface area contributed by atoms with E-state index in [9.17, 15) is 0 Å². The summed E-state index contributed by atoms with van der Waals surface area (Å²) in [4.78, 5) is 1.43. The lowest BCUT2D eigenvalue weighted by molar-refractivity contribution is 0.411. The first kappa shape index (κ1) is 15.1. The van der Waals surface area contributed by atoms with Crippen molar-refractivity contribution in [2.45, 2.75) is 39.3 Å². The highest BCUT2D eigenvalue weighted by molar-refractivity contribution is 7.10. The van der Waals surface area contributed by atoms with Crippen molar-refractivity contribution in [1.82, 2.24) is 5.32 Å². The van der Waals surface area contributed by atoms with Crippen LogP contribution < -0.4 is 10.1 Å². The molecule has 0 fully saturated rings. The Morgan fingerprint density at radius 2 is 2.15 bits per heavy atom. The average molecular weight is 289 g/mol. The highest BCUT2D eigenvalue weighted by Crippen LogP contribution is 2.24. The molecule has 1 heterocycles. The summed E-state index contributed by atoms with van der Waals surface area (Å²) in [5.74, 6) is 0.956. The van der Waals surface area contributed by atoms with E-state index in [1.54, 1.807) is 7.11 Å². The van der Waals surface area contributed by atoms with Crippen molar-refractivity contribution >= 4 is 11.3 Å². The lowest BCUT2D eigenvalue weighted by atomic mass is 10.1. The normalized spacial score (nSPS) is 12.3. The van der Waals surface area contributed by atoms with Crippen molar-refractivity contribution in [2.24, 2.45) is 0 Å². The minimum absolute atomic E-state index is 0.461. The first-order chi connectivity index (χ1) is 9.74. The number of rotatable bonds is 7. The lowest BCUT2D eigenvalue weighted by Gasteiger charge is -2.17. The zero-order valence-corrected chi connectivity index (χ0v) is 13.3. The van der Waals surface area contributed by atoms with Gasteiger partial charge < -0.3 is 10.1 Å². The number of hydrogen-bond acceptors (Lipinski definition) is 3. The van der Waals surface area contributed by atoms with Crippen molar-refractivity contribution in [2.75, 3.05) is 7.11 Å². The minimum Gasteiger partial charge on any atom is -0.496 e. The molecular formula is C17H23NOS. The molecule has 1 atom stereocenters. The Balaban J connectivity index is 2.00. The highest BCUT2D eigenvalue weighted by Gasteiger charge is 2.11. The summed E-state index contributed by atoms with van der Waals surface area (Å²) in [7, 11) is 1.72. The van der Waals surface area contributed by atoms with E-state index in [0.29, 0.717) is 6.04 Å². The zero-order valence-electron chi connectivity index (χ0n) is 12.5. The van der Waals surface area contributed by atoms with E-state index < -0.39 is 0 Å². The van der Waals surface area contributed by atoms with E-state index in [2.05, 4.69) is 48.8 Å². The standard InChI is InChI=1S/C17H23NOS/c1-4-6-15(17-7-5-10-20-17)18-12-14-8-9-16(19-3)13(2)11-14/h5,7-11,15,18H,4,6,12H2,1-3H3. The van der Waals surface area contributed by atoms with Crippen LogP contribution in [-0.2, 0) is 6.54 Å². The van der Waals surface area contributed by atoms with Gasteiger partial charge in [0.25, 0.3) is 0 Å². The predicted octanol–water partition coefficient (Wildman–Crippen LogP) is 4.70. The average Bonchev–Trinajstić information content (AvgIpc) is 2.97. The van der Waals surface area contributed by atoms with Crippen molar-refractivity contribution in [3.63, 3.8) is 0 Å². The second-order valence-corrected chi connectivity index (χ2v) is 6.02. The fourth-order valence-corrected chi connectivity index (χ4v) is 3.25. The molecule has 0 aliphatic carbocycles. The van der Waals surface area contributed by atoms with E-state index in [0.717, 1.165) is 12.3 Å². The van der Waals surface area contributed by atoms with Gasteiger partial charge in [-0.25, -0.2) is 0 Å². The Morgan fingerprint density at radius 1 is 1.30 bits per heavy atom. The van der Waals surface area contributed by atoms with Gasteiger partial charge in [-0.15, -0.1) is 11.3 Å². The van der Waals surface area contributed by atoms with Crippen LogP contribution in [0.25, 0.3) is 0 Å². The summed E-state index contributed by atoms with van der Waals surface area (Å²) < 4.78 is 5.30. The van der Waals surface area contributed by atoms with Gasteiger partial charge >= 0.3 is 0 Å². The minimum atomic E-state index is 0.461. The molecule has 0 spiro atoms. The number of hydrogen-bond donors (Lipinski definition) is 1. The quantitative estimate of drug-likeness (QED) is 0.798. The third-order valence-electron chi connectivity index (χ3n) is 3.48. The van der Waals surface area contributed by atoms with Crippen LogP contribution in [0, 0.1) is 6.92 Å². The van der Waals surface area contributed by atoms with Gasteiger partial charge in [-0.05, 0) is 42.0 Å². The molecule has 0 radical (unpaired) electrons. The molecule has 0 bridgehead atoms. The van der Waals surface area contributed by atoms with Crippen molar-refractivity contribution < 1.29 is 4.74 Å². The Hall–Kier alpha value is -1.32. The van der Waals surface area contributed by atoms with Gasteiger partial charge in [-0.1, -0.05) is 31.5 Å². The van der Waals surface area contributed by atoms with Crippen LogP contribution >= 0.6 is 11.3 Å². The van der Waals surface area contributed by atoms with Crippen LogP contribution in [0.15, 0.2) is 35.7 Å². The number of methoxy groups -OCH3 is 1. The van der Waals surface area contributed by atoms with Gasteiger partial charge in [-0.2, -0.15) is 0 Å². The SMILES string of the molecule is CCCC(NCc1ccc(OC)c(C)c1)c1cccs1. The number of thiophene rings is 1. The van der Waals surface area contributed by atoms with Crippen LogP contribution in [0.4, 0.5) is 0 Å². The third-order valence-corrected chi connectivity index (χ3v) is 4.46. The van der Waals surface area contributed by atoms with Crippen LogP contribution in [-0.4, -0.2) is 7.11 Å². The zero-order chi connectivity index (χ0) is 14.4. The molecule has 20 heavy (non-hydrogen) atoms. The van der Waals surface area contributed by atoms with E-state index in [1.807, 2.05) is 17.4 Å². The van der Waals surface area contributed by atoms with Gasteiger partial charge in [0.2, 0.25) is 0 Å². The van der Waals surface area contributed by atoms with Crippen LogP contribution in [0.1, 0.15) is 41.8 Å². The van der Waals surface area contributed by atoms with E-state index >= 15 is 0 Å². The molecule has 108 valence electrons. The monoisotopic (exact) mass is 289 g/mol. The van der Waals surface area contributed by atoms with Crippen LogP contribution in [0.5, 0.6) is 5.75 Å². The predicted molar refractivity (Wildman–Crippen MR) is 86.5 cm³/mol. The van der Waals surface area contributed by atoms with Gasteiger partial charge in [-0.3, -0.25) is 0 Å². The van der Waals surface area contributed by atoms with E-state index in [4.69, 9.17) is 4.74 Å². The third kappa shape index (κ3) is 3.84. The van der Waals surface area contributed by atoms with Crippen molar-refractivity contribution in [1.29, 1.82) is 0 Å². The summed E-state index contributed by atoms with van der Waals surface area (Å²) in [6.45, 7) is 5.22. The van der Waals surface area contributed by atoms with Gasteiger partial charge in [0.15, 0.2) is 0 Å². The smallest absolute Gasteiger partial charge is 0.121 e. The number of ether oxygens (including phenoxy) is 1. The molecule has 1 aromatic carbocycles. The lowest BCUT2D eigenvalue weighted by Crippen LogP contribution is -2.20. The number of aryl methyl sites for hydroxylation is 1. The molecule has 0 aliphatic heterocycles. The fourth-order valence-electron chi connectivity index (χ4n) is 2.41. The molecule has 1 aromatic heterocycles. The molecule has 0 aliphatic rings. The maximum atomic E-state index is 5.30.